The van der Waals surface area contributed by atoms with Gasteiger partial charge in [0.25, 0.3) is 0 Å². The van der Waals surface area contributed by atoms with Crippen molar-refractivity contribution < 1.29 is 32.2 Å². The zero-order valence-electron chi connectivity index (χ0n) is 30.2. The number of hydrogen-bond acceptors (Lipinski definition) is 9. The van der Waals surface area contributed by atoms with Crippen molar-refractivity contribution in [2.45, 2.75) is 6.54 Å². The third kappa shape index (κ3) is 10.1. The molecule has 2 aromatic heterocycles. The van der Waals surface area contributed by atoms with E-state index in [0.29, 0.717) is 104 Å². The van der Waals surface area contributed by atoms with Crippen LogP contribution in [0.25, 0.3) is 44.6 Å². The molecule has 55 heavy (non-hydrogen) atoms. The Morgan fingerprint density at radius 3 is 1.49 bits per heavy atom. The summed E-state index contributed by atoms with van der Waals surface area (Å²) < 4.78 is 49.3. The summed E-state index contributed by atoms with van der Waals surface area (Å²) in [6, 6.07) is 38.7. The summed E-state index contributed by atoms with van der Waals surface area (Å²) in [6.07, 6.45) is 0. The second-order valence-electron chi connectivity index (χ2n) is 12.8. The van der Waals surface area contributed by atoms with Crippen molar-refractivity contribution in [3.63, 3.8) is 0 Å². The van der Waals surface area contributed by atoms with Crippen molar-refractivity contribution in [1.29, 1.82) is 0 Å². The molecular formula is C45H40FNO8. The summed E-state index contributed by atoms with van der Waals surface area (Å²) in [5.74, 6) is 2.08. The van der Waals surface area contributed by atoms with E-state index in [-0.39, 0.29) is 16.7 Å². The molecule has 7 rings (SSSR count). The maximum atomic E-state index is 13.9. The molecule has 0 unspecified atom stereocenters. The molecule has 0 radical (unpaired) electrons. The van der Waals surface area contributed by atoms with E-state index in [9.17, 15) is 14.0 Å². The number of benzene rings is 5. The second kappa shape index (κ2) is 18.3. The second-order valence-corrected chi connectivity index (χ2v) is 12.8. The Hall–Kier alpha value is -6.07. The number of fused-ring (bicyclic) bond motifs is 2. The van der Waals surface area contributed by atoms with Crippen LogP contribution in [0.15, 0.2) is 152 Å². The van der Waals surface area contributed by atoms with Gasteiger partial charge < -0.3 is 27.8 Å². The minimum absolute atomic E-state index is 0.0853. The number of halogens is 1. The van der Waals surface area contributed by atoms with Gasteiger partial charge in [-0.2, -0.15) is 0 Å². The van der Waals surface area contributed by atoms with Gasteiger partial charge in [0.05, 0.1) is 37.2 Å². The Labute approximate surface area is 317 Å². The Morgan fingerprint density at radius 1 is 0.509 bits per heavy atom. The van der Waals surface area contributed by atoms with E-state index in [1.807, 2.05) is 78.9 Å². The van der Waals surface area contributed by atoms with Gasteiger partial charge in [-0.05, 0) is 90.5 Å². The van der Waals surface area contributed by atoms with Crippen LogP contribution in [-0.4, -0.2) is 57.6 Å². The lowest BCUT2D eigenvalue weighted by Crippen LogP contribution is -2.31. The summed E-state index contributed by atoms with van der Waals surface area (Å²) >= 11 is 0. The number of hydrogen-bond donors (Lipinski definition) is 0. The summed E-state index contributed by atoms with van der Waals surface area (Å²) in [5, 5.41) is 1.10. The molecule has 2 heterocycles. The molecule has 0 saturated heterocycles. The first-order valence-electron chi connectivity index (χ1n) is 18.1. The SMILES string of the molecule is O=c1cc(-c2ccc(OCCOCCN(CCOCCOc3ccc(-c4cc(=O)c5ccccc5o4)cc3)Cc3cccc(F)c3)cc2)oc2ccccc12. The van der Waals surface area contributed by atoms with Gasteiger partial charge in [-0.15, -0.1) is 0 Å². The standard InChI is InChI=1S/C45H40FNO8/c46-35-7-5-6-32(28-35)31-47(20-22-50-24-26-52-36-16-12-33(13-17-36)44-29-40(48)38-8-1-3-10-42(38)54-44)21-23-51-25-27-53-37-18-14-34(15-19-37)45-30-41(49)39-9-2-4-11-43(39)55-45/h1-19,28-30H,20-27,31H2. The van der Waals surface area contributed by atoms with Crippen LogP contribution in [0, 0.1) is 5.82 Å². The van der Waals surface area contributed by atoms with Crippen LogP contribution in [0.5, 0.6) is 11.5 Å². The van der Waals surface area contributed by atoms with Crippen molar-refractivity contribution >= 4 is 21.9 Å². The Balaban J connectivity index is 0.824. The van der Waals surface area contributed by atoms with E-state index >= 15 is 0 Å². The molecule has 10 heteroatoms. The maximum Gasteiger partial charge on any atom is 0.193 e. The molecular weight excluding hydrogens is 701 g/mol. The fourth-order valence-corrected chi connectivity index (χ4v) is 6.12. The third-order valence-electron chi connectivity index (χ3n) is 8.94. The zero-order valence-corrected chi connectivity index (χ0v) is 30.2. The molecule has 0 spiro atoms. The first kappa shape index (κ1) is 37.3. The maximum absolute atomic E-state index is 13.9. The molecule has 5 aromatic carbocycles. The summed E-state index contributed by atoms with van der Waals surface area (Å²) in [5.41, 5.74) is 3.35. The minimum atomic E-state index is -0.274. The molecule has 280 valence electrons. The average molecular weight is 742 g/mol. The van der Waals surface area contributed by atoms with Crippen LogP contribution in [0.1, 0.15) is 5.56 Å². The molecule has 0 aliphatic rings. The van der Waals surface area contributed by atoms with Crippen molar-refractivity contribution in [3.8, 4) is 34.1 Å². The lowest BCUT2D eigenvalue weighted by atomic mass is 10.1. The highest BCUT2D eigenvalue weighted by atomic mass is 19.1. The van der Waals surface area contributed by atoms with E-state index in [2.05, 4.69) is 4.90 Å². The summed E-state index contributed by atoms with van der Waals surface area (Å²) in [6.45, 7) is 4.20. The van der Waals surface area contributed by atoms with Gasteiger partial charge in [0, 0.05) is 42.9 Å². The fourth-order valence-electron chi connectivity index (χ4n) is 6.12. The monoisotopic (exact) mass is 741 g/mol. The van der Waals surface area contributed by atoms with Gasteiger partial charge in [-0.1, -0.05) is 36.4 Å². The molecule has 9 nitrogen and oxygen atoms in total. The van der Waals surface area contributed by atoms with Crippen LogP contribution in [0.4, 0.5) is 4.39 Å². The van der Waals surface area contributed by atoms with Gasteiger partial charge in [0.2, 0.25) is 0 Å². The first-order valence-corrected chi connectivity index (χ1v) is 18.1. The molecule has 0 amide bonds. The van der Waals surface area contributed by atoms with E-state index in [1.165, 1.54) is 24.3 Å². The lowest BCUT2D eigenvalue weighted by Gasteiger charge is -2.22. The van der Waals surface area contributed by atoms with Crippen molar-refractivity contribution in [2.24, 2.45) is 0 Å². The molecule has 0 fully saturated rings. The highest BCUT2D eigenvalue weighted by molar-refractivity contribution is 5.79. The lowest BCUT2D eigenvalue weighted by molar-refractivity contribution is 0.0533. The van der Waals surface area contributed by atoms with E-state index in [1.54, 1.807) is 30.3 Å². The number of para-hydroxylation sites is 2. The van der Waals surface area contributed by atoms with Gasteiger partial charge >= 0.3 is 0 Å². The molecule has 7 aromatic rings. The van der Waals surface area contributed by atoms with Gasteiger partial charge in [-0.25, -0.2) is 4.39 Å². The first-order chi connectivity index (χ1) is 27.0. The highest BCUT2D eigenvalue weighted by Gasteiger charge is 2.10. The van der Waals surface area contributed by atoms with Crippen LogP contribution in [-0.2, 0) is 16.0 Å². The molecule has 0 aliphatic heterocycles. The Morgan fingerprint density at radius 2 is 1.00 bits per heavy atom. The predicted octanol–water partition coefficient (Wildman–Crippen LogP) is 8.37. The van der Waals surface area contributed by atoms with Gasteiger partial charge in [0.15, 0.2) is 10.9 Å². The molecule has 0 aliphatic carbocycles. The van der Waals surface area contributed by atoms with Crippen molar-refractivity contribution in [1.82, 2.24) is 4.90 Å². The van der Waals surface area contributed by atoms with Crippen LogP contribution < -0.4 is 20.3 Å². The van der Waals surface area contributed by atoms with E-state index in [4.69, 9.17) is 27.8 Å². The normalized spacial score (nSPS) is 11.4. The molecule has 0 bridgehead atoms. The van der Waals surface area contributed by atoms with Crippen LogP contribution in [0.2, 0.25) is 0 Å². The van der Waals surface area contributed by atoms with E-state index in [0.717, 1.165) is 16.7 Å². The fraction of sp³-hybridized carbons (Fsp3) is 0.200. The largest absolute Gasteiger partial charge is 0.491 e. The number of nitrogens with zero attached hydrogens (tertiary/aromatic N) is 1. The Bertz CT molecular complexity index is 2290. The molecule has 0 atom stereocenters. The number of rotatable bonds is 18. The van der Waals surface area contributed by atoms with Gasteiger partial charge in [-0.3, -0.25) is 14.5 Å². The molecule has 0 N–H and O–H groups in total. The summed E-state index contributed by atoms with van der Waals surface area (Å²) in [4.78, 5) is 27.1. The third-order valence-corrected chi connectivity index (χ3v) is 8.94. The Kier molecular flexibility index (Phi) is 12.4. The average Bonchev–Trinajstić information content (AvgIpc) is 3.21. The van der Waals surface area contributed by atoms with Crippen LogP contribution >= 0.6 is 0 Å². The van der Waals surface area contributed by atoms with Crippen molar-refractivity contribution in [3.05, 3.63) is 165 Å². The van der Waals surface area contributed by atoms with Crippen molar-refractivity contribution in [2.75, 3.05) is 52.7 Å². The van der Waals surface area contributed by atoms with Crippen LogP contribution in [0.3, 0.4) is 0 Å². The minimum Gasteiger partial charge on any atom is -0.491 e. The van der Waals surface area contributed by atoms with E-state index < -0.39 is 0 Å². The number of ether oxygens (including phenoxy) is 4. The zero-order chi connectivity index (χ0) is 37.8. The van der Waals surface area contributed by atoms with Gasteiger partial charge in [0.1, 0.15) is 53.2 Å². The topological polar surface area (TPSA) is 101 Å². The predicted molar refractivity (Wildman–Crippen MR) is 210 cm³/mol. The quantitative estimate of drug-likeness (QED) is 0.0804. The summed E-state index contributed by atoms with van der Waals surface area (Å²) in [7, 11) is 0. The smallest absolute Gasteiger partial charge is 0.193 e. The molecule has 0 saturated carbocycles. The highest BCUT2D eigenvalue weighted by Crippen LogP contribution is 2.26.